The van der Waals surface area contributed by atoms with Crippen LogP contribution in [-0.4, -0.2) is 96.7 Å². The van der Waals surface area contributed by atoms with E-state index in [1.54, 1.807) is 0 Å². The van der Waals surface area contributed by atoms with Crippen LogP contribution in [0.4, 0.5) is 0 Å². The highest BCUT2D eigenvalue weighted by Gasteiger charge is 2.30. The number of carbonyl (C=O) groups is 4. The van der Waals surface area contributed by atoms with Crippen molar-refractivity contribution in [3.8, 4) is 0 Å². The molecule has 0 rings (SSSR count). The lowest BCUT2D eigenvalue weighted by Crippen LogP contribution is -2.30. The van der Waals surface area contributed by atoms with E-state index in [9.17, 15) is 43.2 Å². The maximum Gasteiger partial charge on any atom is 0.472 e. The average Bonchev–Trinajstić information content (AvgIpc) is 3.61. The van der Waals surface area contributed by atoms with E-state index in [4.69, 9.17) is 37.0 Å². The van der Waals surface area contributed by atoms with Crippen LogP contribution in [0.15, 0.2) is 0 Å². The van der Waals surface area contributed by atoms with E-state index in [-0.39, 0.29) is 25.7 Å². The largest absolute Gasteiger partial charge is 0.472 e. The number of aliphatic hydroxyl groups excluding tert-OH is 1. The molecule has 5 atom stereocenters. The molecule has 2 unspecified atom stereocenters. The van der Waals surface area contributed by atoms with Crippen molar-refractivity contribution in [2.45, 2.75) is 418 Å². The highest BCUT2D eigenvalue weighted by Crippen LogP contribution is 2.45. The zero-order valence-electron chi connectivity index (χ0n) is 60.9. The SMILES string of the molecule is CCCCCCCCCCCCCCCCCCCCCCCCC(=O)O[C@H](COC(=O)CCCCCCCCCCCCCCCC)COP(=O)(O)OC[C@@H](O)COP(=O)(O)OC[C@@H](COC(=O)CCCCCCCCC)OC(=O)CCCCCCCCCCCCC. The average molecular weight is 1380 g/mol. The number of hydrogen-bond acceptors (Lipinski definition) is 15. The van der Waals surface area contributed by atoms with Crippen LogP contribution in [0.2, 0.25) is 0 Å². The van der Waals surface area contributed by atoms with Crippen LogP contribution in [0, 0.1) is 0 Å². The van der Waals surface area contributed by atoms with Crippen LogP contribution in [0.25, 0.3) is 0 Å². The van der Waals surface area contributed by atoms with Crippen molar-refractivity contribution in [3.05, 3.63) is 0 Å². The summed E-state index contributed by atoms with van der Waals surface area (Å²) >= 11 is 0. The maximum atomic E-state index is 13.1. The summed E-state index contributed by atoms with van der Waals surface area (Å²) in [5, 5.41) is 10.6. The number of ether oxygens (including phenoxy) is 4. The molecule has 0 aliphatic heterocycles. The number of aliphatic hydroxyl groups is 1. The van der Waals surface area contributed by atoms with Crippen LogP contribution in [0.1, 0.15) is 400 Å². The van der Waals surface area contributed by atoms with Crippen LogP contribution >= 0.6 is 15.6 Å². The van der Waals surface area contributed by atoms with Crippen LogP contribution in [0.3, 0.4) is 0 Å². The molecular formula is C75H146O17P2. The summed E-state index contributed by atoms with van der Waals surface area (Å²) in [7, 11) is -9.90. The lowest BCUT2D eigenvalue weighted by atomic mass is 10.0. The first-order valence-electron chi connectivity index (χ1n) is 39.3. The zero-order chi connectivity index (χ0) is 69.0. The van der Waals surface area contributed by atoms with Gasteiger partial charge in [-0.3, -0.25) is 37.3 Å². The molecule has 0 bridgehead atoms. The lowest BCUT2D eigenvalue weighted by molar-refractivity contribution is -0.161. The summed E-state index contributed by atoms with van der Waals surface area (Å²) in [4.78, 5) is 72.6. The van der Waals surface area contributed by atoms with Gasteiger partial charge in [0.25, 0.3) is 0 Å². The van der Waals surface area contributed by atoms with E-state index >= 15 is 0 Å². The molecule has 0 radical (unpaired) electrons. The monoisotopic (exact) mass is 1380 g/mol. The van der Waals surface area contributed by atoms with Crippen molar-refractivity contribution < 1.29 is 80.2 Å². The topological polar surface area (TPSA) is 237 Å². The third-order valence-corrected chi connectivity index (χ3v) is 19.5. The van der Waals surface area contributed by atoms with Gasteiger partial charge in [-0.05, 0) is 25.7 Å². The number of carbonyl (C=O) groups excluding carboxylic acids is 4. The Kier molecular flexibility index (Phi) is 68.1. The van der Waals surface area contributed by atoms with Crippen molar-refractivity contribution in [2.24, 2.45) is 0 Å². The number of rotatable bonds is 76. The highest BCUT2D eigenvalue weighted by molar-refractivity contribution is 7.47. The smallest absolute Gasteiger partial charge is 0.462 e. The molecule has 0 aliphatic rings. The van der Waals surface area contributed by atoms with Gasteiger partial charge < -0.3 is 33.8 Å². The third-order valence-electron chi connectivity index (χ3n) is 17.6. The standard InChI is InChI=1S/C75H146O17P2/c1-5-9-13-17-21-24-27-29-31-32-33-34-35-36-37-38-40-43-46-50-54-58-62-75(80)92-71(66-86-73(78)60-56-52-48-44-42-39-30-28-25-22-18-14-10-6-2)68-90-94(83,84)88-64-69(76)63-87-93(81,82)89-67-70(65-85-72(77)59-55-51-47-20-16-12-8-4)91-74(79)61-57-53-49-45-41-26-23-19-15-11-7-3/h69-71,76H,5-68H2,1-4H3,(H,81,82)(H,83,84)/t69-,70+,71+/m0/s1. The van der Waals surface area contributed by atoms with Crippen molar-refractivity contribution in [1.29, 1.82) is 0 Å². The minimum absolute atomic E-state index is 0.107. The minimum atomic E-state index is -4.95. The van der Waals surface area contributed by atoms with Crippen molar-refractivity contribution >= 4 is 39.5 Å². The Morgan fingerprint density at radius 1 is 0.255 bits per heavy atom. The summed E-state index contributed by atoms with van der Waals surface area (Å²) in [6.07, 6.45) is 59.9. The Balaban J connectivity index is 5.13. The zero-order valence-corrected chi connectivity index (χ0v) is 62.7. The van der Waals surface area contributed by atoms with E-state index in [0.717, 1.165) is 103 Å². The lowest BCUT2D eigenvalue weighted by Gasteiger charge is -2.21. The molecule has 94 heavy (non-hydrogen) atoms. The van der Waals surface area contributed by atoms with E-state index < -0.39 is 97.5 Å². The summed E-state index contributed by atoms with van der Waals surface area (Å²) in [5.74, 6) is -2.12. The molecule has 0 fully saturated rings. The molecule has 0 saturated heterocycles. The maximum absolute atomic E-state index is 13.1. The molecule has 0 aromatic carbocycles. The van der Waals surface area contributed by atoms with E-state index in [1.807, 2.05) is 0 Å². The van der Waals surface area contributed by atoms with Gasteiger partial charge in [0, 0.05) is 25.7 Å². The van der Waals surface area contributed by atoms with Crippen molar-refractivity contribution in [1.82, 2.24) is 0 Å². The fourth-order valence-electron chi connectivity index (χ4n) is 11.6. The van der Waals surface area contributed by atoms with Gasteiger partial charge in [-0.1, -0.05) is 349 Å². The van der Waals surface area contributed by atoms with Crippen LogP contribution in [0.5, 0.6) is 0 Å². The molecule has 558 valence electrons. The predicted molar refractivity (Wildman–Crippen MR) is 382 cm³/mol. The molecule has 0 saturated carbocycles. The van der Waals surface area contributed by atoms with Crippen LogP contribution in [-0.2, 0) is 65.4 Å². The molecule has 0 aromatic heterocycles. The van der Waals surface area contributed by atoms with E-state index in [2.05, 4.69) is 27.7 Å². The van der Waals surface area contributed by atoms with Gasteiger partial charge >= 0.3 is 39.5 Å². The fourth-order valence-corrected chi connectivity index (χ4v) is 13.2. The molecular weight excluding hydrogens is 1230 g/mol. The molecule has 19 heteroatoms. The molecule has 0 spiro atoms. The minimum Gasteiger partial charge on any atom is -0.462 e. The van der Waals surface area contributed by atoms with E-state index in [0.29, 0.717) is 25.7 Å². The Morgan fingerprint density at radius 2 is 0.426 bits per heavy atom. The Labute approximate surface area is 575 Å². The van der Waals surface area contributed by atoms with Crippen molar-refractivity contribution in [3.63, 3.8) is 0 Å². The first kappa shape index (κ1) is 92.1. The molecule has 0 aromatic rings. The second-order valence-corrected chi connectivity index (χ2v) is 29.9. The van der Waals surface area contributed by atoms with Gasteiger partial charge in [0.15, 0.2) is 12.2 Å². The number of esters is 4. The second-order valence-electron chi connectivity index (χ2n) is 27.0. The van der Waals surface area contributed by atoms with Gasteiger partial charge in [-0.25, -0.2) is 9.13 Å². The number of hydrogen-bond donors (Lipinski definition) is 3. The molecule has 0 heterocycles. The molecule has 0 amide bonds. The summed E-state index contributed by atoms with van der Waals surface area (Å²) in [5.41, 5.74) is 0. The van der Waals surface area contributed by atoms with Gasteiger partial charge in [-0.15, -0.1) is 0 Å². The summed E-state index contributed by atoms with van der Waals surface area (Å²) < 4.78 is 68.3. The number of phosphoric acid groups is 2. The molecule has 0 aliphatic carbocycles. The molecule has 17 nitrogen and oxygen atoms in total. The number of phosphoric ester groups is 2. The highest BCUT2D eigenvalue weighted by atomic mass is 31.2. The number of unbranched alkanes of at least 4 members (excludes halogenated alkanes) is 50. The fraction of sp³-hybridized carbons (Fsp3) is 0.947. The summed E-state index contributed by atoms with van der Waals surface area (Å²) in [6.45, 7) is 4.93. The normalized spacial score (nSPS) is 13.9. The quantitative estimate of drug-likeness (QED) is 0.0222. The second kappa shape index (κ2) is 69.5. The van der Waals surface area contributed by atoms with Gasteiger partial charge in [0.2, 0.25) is 0 Å². The van der Waals surface area contributed by atoms with Gasteiger partial charge in [0.05, 0.1) is 26.4 Å². The third kappa shape index (κ3) is 68.6. The first-order chi connectivity index (χ1) is 45.7. The Bertz CT molecular complexity index is 1790. The van der Waals surface area contributed by atoms with Crippen molar-refractivity contribution in [2.75, 3.05) is 39.6 Å². The molecule has 3 N–H and O–H groups in total. The van der Waals surface area contributed by atoms with Gasteiger partial charge in [-0.2, -0.15) is 0 Å². The predicted octanol–water partition coefficient (Wildman–Crippen LogP) is 22.2. The Morgan fingerprint density at radius 3 is 0.628 bits per heavy atom. The summed E-state index contributed by atoms with van der Waals surface area (Å²) in [6, 6.07) is 0. The van der Waals surface area contributed by atoms with Gasteiger partial charge in [0.1, 0.15) is 19.3 Å². The van der Waals surface area contributed by atoms with E-state index in [1.165, 1.54) is 218 Å². The Hall–Kier alpha value is -1.94. The first-order valence-corrected chi connectivity index (χ1v) is 42.3. The van der Waals surface area contributed by atoms with Crippen LogP contribution < -0.4 is 0 Å².